The highest BCUT2D eigenvalue weighted by Crippen LogP contribution is 2.33. The lowest BCUT2D eigenvalue weighted by molar-refractivity contribution is -0.0201. The second kappa shape index (κ2) is 12.4. The number of benzene rings is 2. The Labute approximate surface area is 247 Å². The first-order chi connectivity index (χ1) is 20.4. The van der Waals surface area contributed by atoms with E-state index in [1.165, 1.54) is 12.8 Å². The molecule has 4 aromatic rings. The number of nitrogens with one attached hydrogen (secondary N) is 2. The molecule has 0 spiro atoms. The summed E-state index contributed by atoms with van der Waals surface area (Å²) in [6, 6.07) is 13.6. The van der Waals surface area contributed by atoms with Crippen molar-refractivity contribution < 1.29 is 23.8 Å². The van der Waals surface area contributed by atoms with Crippen molar-refractivity contribution in [2.75, 3.05) is 33.4 Å². The van der Waals surface area contributed by atoms with Gasteiger partial charge in [-0.2, -0.15) is 0 Å². The molecule has 3 heterocycles. The minimum absolute atomic E-state index is 0.0691. The Balaban J connectivity index is 1.01. The Morgan fingerprint density at radius 1 is 1.17 bits per heavy atom. The molecule has 0 bridgehead atoms. The number of piperidine rings is 1. The van der Waals surface area contributed by atoms with Gasteiger partial charge in [-0.1, -0.05) is 13.0 Å². The topological polar surface area (TPSA) is 100.0 Å². The van der Waals surface area contributed by atoms with E-state index in [2.05, 4.69) is 22.1 Å². The zero-order chi connectivity index (χ0) is 29.1. The fraction of sp³-hybridized carbons (Fsp3) is 0.500. The summed E-state index contributed by atoms with van der Waals surface area (Å²) >= 11 is 0. The second-order valence-corrected chi connectivity index (χ2v) is 12.4. The molecule has 2 aromatic carbocycles. The Hall–Kier alpha value is -3.49. The highest BCUT2D eigenvalue weighted by atomic mass is 16.5. The number of aliphatic hydroxyl groups is 1. The molecule has 1 aliphatic heterocycles. The van der Waals surface area contributed by atoms with Crippen molar-refractivity contribution in [1.29, 1.82) is 0 Å². The maximum absolute atomic E-state index is 13.2. The zero-order valence-electron chi connectivity index (χ0n) is 24.8. The number of furan rings is 1. The van der Waals surface area contributed by atoms with Gasteiger partial charge in [-0.05, 0) is 87.7 Å². The summed E-state index contributed by atoms with van der Waals surface area (Å²) in [5.74, 6) is 2.14. The van der Waals surface area contributed by atoms with Crippen molar-refractivity contribution in [3.05, 3.63) is 60.0 Å². The third kappa shape index (κ3) is 6.45. The highest BCUT2D eigenvalue weighted by molar-refractivity contribution is 5.99. The number of hydrogen-bond acceptors (Lipinski definition) is 6. The van der Waals surface area contributed by atoms with Crippen molar-refractivity contribution in [2.24, 2.45) is 5.92 Å². The van der Waals surface area contributed by atoms with E-state index in [4.69, 9.17) is 13.9 Å². The summed E-state index contributed by atoms with van der Waals surface area (Å²) in [5.41, 5.74) is 2.64. The summed E-state index contributed by atoms with van der Waals surface area (Å²) in [4.78, 5) is 19.0. The number of nitrogens with zero attached hydrogens (tertiary/aromatic N) is 1. The van der Waals surface area contributed by atoms with Gasteiger partial charge in [0, 0.05) is 53.5 Å². The molecule has 2 aromatic heterocycles. The Bertz CT molecular complexity index is 1520. The fourth-order valence-corrected chi connectivity index (χ4v) is 6.70. The van der Waals surface area contributed by atoms with Gasteiger partial charge in [-0.25, -0.2) is 0 Å². The van der Waals surface area contributed by atoms with Crippen molar-refractivity contribution in [1.82, 2.24) is 15.2 Å². The van der Waals surface area contributed by atoms with Gasteiger partial charge in [0.25, 0.3) is 5.91 Å². The number of fused-ring (bicyclic) bond motifs is 2. The van der Waals surface area contributed by atoms with Crippen LogP contribution >= 0.6 is 0 Å². The van der Waals surface area contributed by atoms with Crippen LogP contribution in [0.15, 0.2) is 53.1 Å². The fourth-order valence-electron chi connectivity index (χ4n) is 6.70. The van der Waals surface area contributed by atoms with Gasteiger partial charge in [0.15, 0.2) is 0 Å². The van der Waals surface area contributed by atoms with E-state index < -0.39 is 5.60 Å². The molecule has 0 unspecified atom stereocenters. The molecule has 42 heavy (non-hydrogen) atoms. The molecule has 2 fully saturated rings. The predicted molar refractivity (Wildman–Crippen MR) is 164 cm³/mol. The first-order valence-electron chi connectivity index (χ1n) is 15.4. The number of amides is 1. The van der Waals surface area contributed by atoms with Crippen LogP contribution in [0.4, 0.5) is 0 Å². The van der Waals surface area contributed by atoms with E-state index in [0.29, 0.717) is 18.7 Å². The second-order valence-electron chi connectivity index (χ2n) is 12.4. The molecule has 1 aliphatic carbocycles. The van der Waals surface area contributed by atoms with Gasteiger partial charge in [0.05, 0.1) is 25.6 Å². The van der Waals surface area contributed by atoms with Crippen LogP contribution in [0, 0.1) is 5.92 Å². The molecule has 1 amide bonds. The third-order valence-electron chi connectivity index (χ3n) is 9.25. The number of likely N-dealkylation sites (tertiary alicyclic amines) is 1. The molecule has 1 atom stereocenters. The largest absolute Gasteiger partial charge is 0.497 e. The van der Waals surface area contributed by atoms with E-state index in [-0.39, 0.29) is 11.9 Å². The smallest absolute Gasteiger partial charge is 0.267 e. The van der Waals surface area contributed by atoms with E-state index in [0.717, 1.165) is 96.6 Å². The van der Waals surface area contributed by atoms with Crippen molar-refractivity contribution in [3.8, 4) is 11.5 Å². The first kappa shape index (κ1) is 28.6. The number of hydrogen-bond donors (Lipinski definition) is 3. The van der Waals surface area contributed by atoms with Crippen molar-refractivity contribution >= 4 is 27.8 Å². The molecule has 6 rings (SSSR count). The number of aromatic amines is 1. The van der Waals surface area contributed by atoms with Gasteiger partial charge in [0.2, 0.25) is 0 Å². The minimum atomic E-state index is -0.620. The number of carbonyl (C=O) groups excluding carboxylic acids is 1. The molecule has 0 radical (unpaired) electrons. The molecule has 2 aliphatic rings. The molecule has 1 saturated carbocycles. The normalized spacial score (nSPS) is 23.3. The number of rotatable bonds is 10. The molecule has 8 heteroatoms. The van der Waals surface area contributed by atoms with Gasteiger partial charge >= 0.3 is 0 Å². The van der Waals surface area contributed by atoms with Crippen LogP contribution in [-0.2, 0) is 6.42 Å². The van der Waals surface area contributed by atoms with Crippen molar-refractivity contribution in [2.45, 2.75) is 69.9 Å². The van der Waals surface area contributed by atoms with Gasteiger partial charge in [-0.15, -0.1) is 0 Å². The Morgan fingerprint density at radius 3 is 2.83 bits per heavy atom. The lowest BCUT2D eigenvalue weighted by Crippen LogP contribution is -2.45. The minimum Gasteiger partial charge on any atom is -0.497 e. The summed E-state index contributed by atoms with van der Waals surface area (Å²) in [5, 5.41) is 16.3. The standard InChI is InChI=1S/C34H43N3O5/c1-23-5-4-16-37(21-23)17-15-34(39)13-10-25(11-14-34)35-33(38)30-20-28-29(36-30)6-3-7-31(28)41-18-12-24-22-42-32-19-26(40-2)8-9-27(24)32/h3,6-9,19-20,22-23,25,36,39H,4-5,10-18,21H2,1-2H3,(H,35,38)/t23-,25?,34?/m1/s1. The first-order valence-corrected chi connectivity index (χ1v) is 15.4. The number of aromatic nitrogens is 1. The lowest BCUT2D eigenvalue weighted by atomic mass is 9.80. The zero-order valence-corrected chi connectivity index (χ0v) is 24.8. The molecular weight excluding hydrogens is 530 g/mol. The highest BCUT2D eigenvalue weighted by Gasteiger charge is 2.34. The number of carbonyl (C=O) groups is 1. The van der Waals surface area contributed by atoms with E-state index in [1.807, 2.05) is 42.5 Å². The van der Waals surface area contributed by atoms with Gasteiger partial charge < -0.3 is 34.2 Å². The molecule has 224 valence electrons. The van der Waals surface area contributed by atoms with Crippen LogP contribution in [0.5, 0.6) is 11.5 Å². The SMILES string of the molecule is COc1ccc2c(CCOc3cccc4[nH]c(C(=O)NC5CCC(O)(CCN6CCC[C@@H](C)C6)CC5)cc34)coc2c1. The van der Waals surface area contributed by atoms with Crippen LogP contribution in [0.3, 0.4) is 0 Å². The maximum Gasteiger partial charge on any atom is 0.267 e. The van der Waals surface area contributed by atoms with Crippen LogP contribution in [0.2, 0.25) is 0 Å². The van der Waals surface area contributed by atoms with Crippen LogP contribution < -0.4 is 14.8 Å². The third-order valence-corrected chi connectivity index (χ3v) is 9.25. The molecule has 3 N–H and O–H groups in total. The number of H-pyrrole nitrogens is 1. The maximum atomic E-state index is 13.2. The molecule has 8 nitrogen and oxygen atoms in total. The lowest BCUT2D eigenvalue weighted by Gasteiger charge is -2.39. The molecular formula is C34H43N3O5. The predicted octanol–water partition coefficient (Wildman–Crippen LogP) is 6.07. The van der Waals surface area contributed by atoms with E-state index in [9.17, 15) is 9.90 Å². The average Bonchev–Trinajstić information content (AvgIpc) is 3.62. The summed E-state index contributed by atoms with van der Waals surface area (Å²) in [6.45, 7) is 6.05. The number of methoxy groups -OCH3 is 1. The Morgan fingerprint density at radius 2 is 2.02 bits per heavy atom. The van der Waals surface area contributed by atoms with Crippen molar-refractivity contribution in [3.63, 3.8) is 0 Å². The molecule has 1 saturated heterocycles. The monoisotopic (exact) mass is 573 g/mol. The number of ether oxygens (including phenoxy) is 2. The van der Waals surface area contributed by atoms with E-state index in [1.54, 1.807) is 13.4 Å². The van der Waals surface area contributed by atoms with E-state index >= 15 is 0 Å². The summed E-state index contributed by atoms with van der Waals surface area (Å²) in [6.07, 6.45) is 8.90. The van der Waals surface area contributed by atoms with Gasteiger partial charge in [-0.3, -0.25) is 4.79 Å². The summed E-state index contributed by atoms with van der Waals surface area (Å²) < 4.78 is 17.2. The quantitative estimate of drug-likeness (QED) is 0.213. The van der Waals surface area contributed by atoms with Gasteiger partial charge in [0.1, 0.15) is 22.8 Å². The Kier molecular flexibility index (Phi) is 8.45. The average molecular weight is 574 g/mol. The van der Waals surface area contributed by atoms with Crippen LogP contribution in [0.1, 0.15) is 67.9 Å². The summed E-state index contributed by atoms with van der Waals surface area (Å²) in [7, 11) is 1.64. The van der Waals surface area contributed by atoms with Crippen LogP contribution in [-0.4, -0.2) is 65.9 Å². The van der Waals surface area contributed by atoms with Crippen LogP contribution in [0.25, 0.3) is 21.9 Å².